The lowest BCUT2D eigenvalue weighted by atomic mass is 10.0. The zero-order chi connectivity index (χ0) is 16.1. The molecule has 0 bridgehead atoms. The molecule has 0 aliphatic rings. The molecule has 7 heteroatoms. The van der Waals surface area contributed by atoms with Gasteiger partial charge in [0, 0.05) is 21.3 Å². The van der Waals surface area contributed by atoms with E-state index in [-0.39, 0.29) is 20.4 Å². The molecule has 0 aromatic rings. The van der Waals surface area contributed by atoms with Crippen LogP contribution in [0.4, 0.5) is 0 Å². The van der Waals surface area contributed by atoms with E-state index in [1.54, 1.807) is 0 Å². The van der Waals surface area contributed by atoms with Crippen molar-refractivity contribution in [2.75, 3.05) is 41.7 Å². The van der Waals surface area contributed by atoms with E-state index in [1.165, 1.54) is 27.4 Å². The quantitative estimate of drug-likeness (QED) is 0.294. The van der Waals surface area contributed by atoms with Crippen molar-refractivity contribution in [3.05, 3.63) is 12.7 Å². The summed E-state index contributed by atoms with van der Waals surface area (Å²) in [5, 5.41) is 10.0. The summed E-state index contributed by atoms with van der Waals surface area (Å²) in [7, 11) is 4.39. The zero-order valence-corrected chi connectivity index (χ0v) is 12.7. The highest BCUT2D eigenvalue weighted by Crippen LogP contribution is 2.16. The van der Waals surface area contributed by atoms with E-state index in [9.17, 15) is 5.11 Å². The summed E-state index contributed by atoms with van der Waals surface area (Å²) in [4.78, 5) is 0. The summed E-state index contributed by atoms with van der Waals surface area (Å²) in [6.07, 6.45) is 3.29. The fourth-order valence-electron chi connectivity index (χ4n) is 1.55. The summed E-state index contributed by atoms with van der Waals surface area (Å²) in [5.41, 5.74) is 0. The molecule has 0 amide bonds. The molecule has 0 rings (SSSR count). The molecule has 0 saturated carbocycles. The lowest BCUT2D eigenvalue weighted by Crippen LogP contribution is -2.48. The summed E-state index contributed by atoms with van der Waals surface area (Å²) in [6.45, 7) is 3.40. The van der Waals surface area contributed by atoms with Gasteiger partial charge in [0.05, 0.1) is 0 Å². The van der Waals surface area contributed by atoms with Crippen molar-refractivity contribution in [3.63, 3.8) is 0 Å². The molecule has 0 radical (unpaired) electrons. The van der Waals surface area contributed by atoms with E-state index in [4.69, 9.17) is 34.8 Å². The highest BCUT2D eigenvalue weighted by molar-refractivity contribution is 5.04. The Morgan fingerprint density at radius 3 is 1.90 bits per heavy atom. The normalized spacial score (nSPS) is 16.7. The minimum Gasteiger partial charge on any atom is -0.386 e. The second-order valence-electron chi connectivity index (χ2n) is 3.96. The largest absolute Gasteiger partial charge is 0.386 e. The van der Waals surface area contributed by atoms with Gasteiger partial charge in [0.1, 0.15) is 44.8 Å². The van der Waals surface area contributed by atoms with Crippen LogP contribution in [0.15, 0.2) is 12.7 Å². The van der Waals surface area contributed by atoms with Crippen LogP contribution in [0.3, 0.4) is 0 Å². The van der Waals surface area contributed by atoms with Crippen LogP contribution in [0.25, 0.3) is 0 Å². The molecule has 0 unspecified atom stereocenters. The summed E-state index contributed by atoms with van der Waals surface area (Å²) in [6, 6.07) is 0. The number of terminal acetylenes is 1. The van der Waals surface area contributed by atoms with Crippen molar-refractivity contribution in [3.8, 4) is 12.3 Å². The Morgan fingerprint density at radius 1 is 1.00 bits per heavy atom. The third kappa shape index (κ3) is 7.55. The average molecular weight is 304 g/mol. The van der Waals surface area contributed by atoms with Crippen molar-refractivity contribution >= 4 is 0 Å². The summed E-state index contributed by atoms with van der Waals surface area (Å²) in [5.74, 6) is 2.43. The Labute approximate surface area is 125 Å². The number of aliphatic hydroxyl groups is 1. The van der Waals surface area contributed by atoms with Gasteiger partial charge in [-0.3, -0.25) is 0 Å². The van der Waals surface area contributed by atoms with Crippen LogP contribution >= 0.6 is 0 Å². The molecule has 7 nitrogen and oxygen atoms in total. The molecule has 0 heterocycles. The molecule has 0 aromatic heterocycles. The monoisotopic (exact) mass is 304 g/mol. The maximum atomic E-state index is 10.0. The minimum atomic E-state index is -1.02. The SMILES string of the molecule is C#C[C@@H](OCOC)[C@@H](OCOC)[C@@H](OCOC)[C@@H](O)C=C. The predicted molar refractivity (Wildman–Crippen MR) is 75.3 cm³/mol. The first kappa shape index (κ1) is 20.0. The van der Waals surface area contributed by atoms with E-state index in [0.29, 0.717) is 0 Å². The van der Waals surface area contributed by atoms with Gasteiger partial charge in [-0.25, -0.2) is 0 Å². The molecular weight excluding hydrogens is 280 g/mol. The van der Waals surface area contributed by atoms with Gasteiger partial charge >= 0.3 is 0 Å². The van der Waals surface area contributed by atoms with Crippen LogP contribution in [0.5, 0.6) is 0 Å². The van der Waals surface area contributed by atoms with Gasteiger partial charge < -0.3 is 33.5 Å². The Hall–Kier alpha value is -0.980. The van der Waals surface area contributed by atoms with Crippen LogP contribution < -0.4 is 0 Å². The second kappa shape index (κ2) is 12.7. The Bertz CT molecular complexity index is 302. The van der Waals surface area contributed by atoms with Gasteiger partial charge in [0.2, 0.25) is 0 Å². The topological polar surface area (TPSA) is 75.6 Å². The summed E-state index contributed by atoms with van der Waals surface area (Å²) >= 11 is 0. The third-order valence-corrected chi connectivity index (χ3v) is 2.49. The number of aliphatic hydroxyl groups excluding tert-OH is 1. The maximum absolute atomic E-state index is 10.0. The van der Waals surface area contributed by atoms with Crippen molar-refractivity contribution in [1.82, 2.24) is 0 Å². The fourth-order valence-corrected chi connectivity index (χ4v) is 1.55. The number of methoxy groups -OCH3 is 3. The lowest BCUT2D eigenvalue weighted by Gasteiger charge is -2.32. The number of ether oxygens (including phenoxy) is 6. The maximum Gasteiger partial charge on any atom is 0.149 e. The lowest BCUT2D eigenvalue weighted by molar-refractivity contribution is -0.210. The first-order valence-electron chi connectivity index (χ1n) is 6.24. The molecule has 1 N–H and O–H groups in total. The molecule has 122 valence electrons. The number of hydrogen-bond acceptors (Lipinski definition) is 7. The first-order chi connectivity index (χ1) is 10.2. The fraction of sp³-hybridized carbons (Fsp3) is 0.714. The predicted octanol–water partition coefficient (Wildman–Crippen LogP) is 0.134. The van der Waals surface area contributed by atoms with Crippen molar-refractivity contribution in [2.45, 2.75) is 24.4 Å². The van der Waals surface area contributed by atoms with Gasteiger partial charge in [-0.2, -0.15) is 0 Å². The van der Waals surface area contributed by atoms with Crippen molar-refractivity contribution in [1.29, 1.82) is 0 Å². The second-order valence-corrected chi connectivity index (χ2v) is 3.96. The van der Waals surface area contributed by atoms with Crippen LogP contribution in [-0.2, 0) is 28.4 Å². The molecule has 0 aliphatic heterocycles. The van der Waals surface area contributed by atoms with E-state index in [2.05, 4.69) is 12.5 Å². The molecular formula is C14H24O7. The van der Waals surface area contributed by atoms with E-state index in [1.807, 2.05) is 0 Å². The number of hydrogen-bond donors (Lipinski definition) is 1. The van der Waals surface area contributed by atoms with Crippen LogP contribution in [-0.4, -0.2) is 71.2 Å². The highest BCUT2D eigenvalue weighted by atomic mass is 16.7. The third-order valence-electron chi connectivity index (χ3n) is 2.49. The number of rotatable bonds is 13. The molecule has 21 heavy (non-hydrogen) atoms. The van der Waals surface area contributed by atoms with Crippen LogP contribution in [0.1, 0.15) is 0 Å². The van der Waals surface area contributed by atoms with Crippen molar-refractivity contribution < 1.29 is 33.5 Å². The Balaban J connectivity index is 5.07. The van der Waals surface area contributed by atoms with Gasteiger partial charge in [-0.05, 0) is 0 Å². The standard InChI is InChI=1S/C14H24O7/c1-6-11(15)13(20-9-17-4)14(21-10-18-5)12(7-2)19-8-16-3/h2,6,11-15H,1,8-10H2,3-5H3/t11-,12+,13-,14+/m0/s1. The van der Waals surface area contributed by atoms with Crippen LogP contribution in [0, 0.1) is 12.3 Å². The van der Waals surface area contributed by atoms with Gasteiger partial charge in [-0.1, -0.05) is 12.0 Å². The van der Waals surface area contributed by atoms with Gasteiger partial charge in [0.25, 0.3) is 0 Å². The Morgan fingerprint density at radius 2 is 1.48 bits per heavy atom. The average Bonchev–Trinajstić information content (AvgIpc) is 2.51. The zero-order valence-electron chi connectivity index (χ0n) is 12.7. The van der Waals surface area contributed by atoms with Gasteiger partial charge in [-0.15, -0.1) is 13.0 Å². The van der Waals surface area contributed by atoms with E-state index in [0.717, 1.165) is 0 Å². The van der Waals surface area contributed by atoms with Crippen molar-refractivity contribution in [2.24, 2.45) is 0 Å². The molecule has 0 aliphatic carbocycles. The molecule has 0 saturated heterocycles. The summed E-state index contributed by atoms with van der Waals surface area (Å²) < 4.78 is 30.8. The van der Waals surface area contributed by atoms with E-state index >= 15 is 0 Å². The molecule has 0 spiro atoms. The van der Waals surface area contributed by atoms with Crippen LogP contribution in [0.2, 0.25) is 0 Å². The Kier molecular flexibility index (Phi) is 12.1. The minimum absolute atomic E-state index is 0.0249. The first-order valence-corrected chi connectivity index (χ1v) is 6.24. The smallest absolute Gasteiger partial charge is 0.149 e. The molecule has 0 aromatic carbocycles. The van der Waals surface area contributed by atoms with Gasteiger partial charge in [0.15, 0.2) is 0 Å². The molecule has 0 fully saturated rings. The molecule has 4 atom stereocenters. The van der Waals surface area contributed by atoms with E-state index < -0.39 is 24.4 Å². The highest BCUT2D eigenvalue weighted by Gasteiger charge is 2.35.